The molecular weight excluding hydrogens is 391 g/mol. The van der Waals surface area contributed by atoms with Crippen LogP contribution in [0.15, 0.2) is 53.4 Å². The average Bonchev–Trinajstić information content (AvgIpc) is 2.65. The molecule has 3 rings (SSSR count). The Kier molecular flexibility index (Phi) is 7.61. The predicted molar refractivity (Wildman–Crippen MR) is 106 cm³/mol. The van der Waals surface area contributed by atoms with Crippen molar-refractivity contribution in [2.75, 3.05) is 26.7 Å². The van der Waals surface area contributed by atoms with E-state index in [1.807, 2.05) is 18.2 Å². The Labute approximate surface area is 166 Å². The lowest BCUT2D eigenvalue weighted by Gasteiger charge is -2.26. The number of hydrogen-bond acceptors (Lipinski definition) is 4. The van der Waals surface area contributed by atoms with Crippen LogP contribution >= 0.6 is 12.4 Å². The lowest BCUT2D eigenvalue weighted by molar-refractivity contribution is 0.170. The molecule has 0 aliphatic carbocycles. The van der Waals surface area contributed by atoms with Crippen molar-refractivity contribution in [1.82, 2.24) is 9.62 Å². The molecule has 0 aromatic heterocycles. The molecule has 0 saturated heterocycles. The van der Waals surface area contributed by atoms with Gasteiger partial charge in [-0.25, -0.2) is 12.8 Å². The smallest absolute Gasteiger partial charge is 0.242 e. The number of likely N-dealkylation sites (N-methyl/N-ethyl adjacent to an activating group) is 1. The molecule has 5 nitrogen and oxygen atoms in total. The fraction of sp³-hybridized carbons (Fsp3) is 0.368. The van der Waals surface area contributed by atoms with E-state index in [-0.39, 0.29) is 23.4 Å². The molecule has 1 N–H and O–H groups in total. The summed E-state index contributed by atoms with van der Waals surface area (Å²) in [6.45, 7) is 1.50. The van der Waals surface area contributed by atoms with Crippen LogP contribution in [0, 0.1) is 5.82 Å². The van der Waals surface area contributed by atoms with Crippen LogP contribution < -0.4 is 10.1 Å². The Bertz CT molecular complexity index is 846. The van der Waals surface area contributed by atoms with Gasteiger partial charge in [0.05, 0.1) is 4.90 Å². The molecule has 0 bridgehead atoms. The largest absolute Gasteiger partial charge is 0.489 e. The lowest BCUT2D eigenvalue weighted by atomic mass is 10.0. The third-order valence-electron chi connectivity index (χ3n) is 4.50. The molecular formula is C19H24ClFN2O3S. The van der Waals surface area contributed by atoms with Gasteiger partial charge >= 0.3 is 0 Å². The normalized spacial score (nSPS) is 16.3. The van der Waals surface area contributed by atoms with Gasteiger partial charge in [0, 0.05) is 26.7 Å². The number of nitrogens with one attached hydrogen (secondary N) is 1. The number of ether oxygens (including phenoxy) is 1. The van der Waals surface area contributed by atoms with Crippen molar-refractivity contribution in [3.05, 3.63) is 59.9 Å². The van der Waals surface area contributed by atoms with E-state index >= 15 is 0 Å². The number of aryl methyl sites for hydroxylation is 1. The molecule has 0 amide bonds. The molecule has 8 heteroatoms. The van der Waals surface area contributed by atoms with Crippen LogP contribution in [0.25, 0.3) is 0 Å². The second kappa shape index (κ2) is 9.50. The highest BCUT2D eigenvalue weighted by atomic mass is 35.5. The number of hydrogen-bond donors (Lipinski definition) is 1. The molecule has 1 heterocycles. The Morgan fingerprint density at radius 1 is 1.19 bits per heavy atom. The van der Waals surface area contributed by atoms with Gasteiger partial charge in [-0.3, -0.25) is 0 Å². The van der Waals surface area contributed by atoms with E-state index in [2.05, 4.69) is 11.4 Å². The highest BCUT2D eigenvalue weighted by molar-refractivity contribution is 7.89. The summed E-state index contributed by atoms with van der Waals surface area (Å²) in [5.41, 5.74) is 1.23. The summed E-state index contributed by atoms with van der Waals surface area (Å²) in [5.74, 6) is 0.476. The summed E-state index contributed by atoms with van der Waals surface area (Å²) in [5, 5.41) is 3.26. The van der Waals surface area contributed by atoms with E-state index in [4.69, 9.17) is 4.74 Å². The molecule has 0 radical (unpaired) electrons. The summed E-state index contributed by atoms with van der Waals surface area (Å²) in [4.78, 5) is 0.0913. The van der Waals surface area contributed by atoms with E-state index in [1.165, 1.54) is 29.0 Å². The SMILES string of the molecule is CN(CCNCC1CCc2ccccc2O1)S(=O)(=O)c1ccc(F)cc1.Cl. The van der Waals surface area contributed by atoms with Crippen molar-refractivity contribution in [2.45, 2.75) is 23.8 Å². The van der Waals surface area contributed by atoms with E-state index in [1.54, 1.807) is 0 Å². The molecule has 1 aliphatic rings. The molecule has 2 aromatic carbocycles. The number of sulfonamides is 1. The summed E-state index contributed by atoms with van der Waals surface area (Å²) >= 11 is 0. The maximum absolute atomic E-state index is 13.0. The first kappa shape index (κ1) is 21.6. The Morgan fingerprint density at radius 3 is 2.63 bits per heavy atom. The molecule has 0 saturated carbocycles. The number of nitrogens with zero attached hydrogens (tertiary/aromatic N) is 1. The second-order valence-corrected chi connectivity index (χ2v) is 8.42. The second-order valence-electron chi connectivity index (χ2n) is 6.37. The van der Waals surface area contributed by atoms with Crippen molar-refractivity contribution in [3.8, 4) is 5.75 Å². The summed E-state index contributed by atoms with van der Waals surface area (Å²) < 4.78 is 45.0. The van der Waals surface area contributed by atoms with Gasteiger partial charge in [0.1, 0.15) is 17.7 Å². The first-order valence-corrected chi connectivity index (χ1v) is 10.1. The standard InChI is InChI=1S/C19H23FN2O3S.ClH/c1-22(26(23,24)18-10-7-16(20)8-11-18)13-12-21-14-17-9-6-15-4-2-3-5-19(15)25-17;/h2-5,7-8,10-11,17,21H,6,9,12-14H2,1H3;1H. The van der Waals surface area contributed by atoms with Crippen molar-refractivity contribution >= 4 is 22.4 Å². The monoisotopic (exact) mass is 414 g/mol. The van der Waals surface area contributed by atoms with Crippen LogP contribution in [0.1, 0.15) is 12.0 Å². The molecule has 1 atom stereocenters. The topological polar surface area (TPSA) is 58.6 Å². The summed E-state index contributed by atoms with van der Waals surface area (Å²) in [7, 11) is -2.08. The zero-order valence-electron chi connectivity index (χ0n) is 15.1. The van der Waals surface area contributed by atoms with E-state index in [0.29, 0.717) is 19.6 Å². The van der Waals surface area contributed by atoms with Crippen LogP contribution in [0.4, 0.5) is 4.39 Å². The highest BCUT2D eigenvalue weighted by Gasteiger charge is 2.21. The Balaban J connectivity index is 0.00000261. The van der Waals surface area contributed by atoms with Gasteiger partial charge in [-0.2, -0.15) is 4.31 Å². The zero-order valence-corrected chi connectivity index (χ0v) is 16.7. The molecule has 2 aromatic rings. The third kappa shape index (κ3) is 5.42. The Morgan fingerprint density at radius 2 is 1.89 bits per heavy atom. The zero-order chi connectivity index (χ0) is 18.6. The van der Waals surface area contributed by atoms with Gasteiger partial charge < -0.3 is 10.1 Å². The van der Waals surface area contributed by atoms with Crippen molar-refractivity contribution < 1.29 is 17.5 Å². The van der Waals surface area contributed by atoms with Crippen LogP contribution in [-0.4, -0.2) is 45.5 Å². The average molecular weight is 415 g/mol. The fourth-order valence-electron chi connectivity index (χ4n) is 2.93. The number of benzene rings is 2. The van der Waals surface area contributed by atoms with E-state index in [9.17, 15) is 12.8 Å². The first-order chi connectivity index (χ1) is 12.5. The van der Waals surface area contributed by atoms with Gasteiger partial charge in [-0.05, 0) is 48.7 Å². The minimum absolute atomic E-state index is 0. The van der Waals surface area contributed by atoms with Gasteiger partial charge in [0.2, 0.25) is 10.0 Å². The van der Waals surface area contributed by atoms with E-state index in [0.717, 1.165) is 30.7 Å². The van der Waals surface area contributed by atoms with Crippen LogP contribution in [-0.2, 0) is 16.4 Å². The molecule has 1 aliphatic heterocycles. The third-order valence-corrected chi connectivity index (χ3v) is 6.37. The van der Waals surface area contributed by atoms with Crippen molar-refractivity contribution in [1.29, 1.82) is 0 Å². The molecule has 27 heavy (non-hydrogen) atoms. The number of rotatable bonds is 7. The van der Waals surface area contributed by atoms with Gasteiger partial charge in [-0.1, -0.05) is 18.2 Å². The molecule has 148 valence electrons. The predicted octanol–water partition coefficient (Wildman–Crippen LogP) is 2.85. The van der Waals surface area contributed by atoms with E-state index < -0.39 is 15.8 Å². The molecule has 1 unspecified atom stereocenters. The maximum atomic E-state index is 13.0. The number of fused-ring (bicyclic) bond motifs is 1. The summed E-state index contributed by atoms with van der Waals surface area (Å²) in [6, 6.07) is 12.9. The minimum atomic E-state index is -3.61. The van der Waals surface area contributed by atoms with Crippen LogP contribution in [0.5, 0.6) is 5.75 Å². The van der Waals surface area contributed by atoms with Crippen LogP contribution in [0.3, 0.4) is 0 Å². The fourth-order valence-corrected chi connectivity index (χ4v) is 4.10. The van der Waals surface area contributed by atoms with Gasteiger partial charge in [-0.15, -0.1) is 12.4 Å². The maximum Gasteiger partial charge on any atom is 0.242 e. The molecule has 0 fully saturated rings. The number of para-hydroxylation sites is 1. The van der Waals surface area contributed by atoms with Crippen molar-refractivity contribution in [3.63, 3.8) is 0 Å². The minimum Gasteiger partial charge on any atom is -0.489 e. The Hall–Kier alpha value is -1.67. The highest BCUT2D eigenvalue weighted by Crippen LogP contribution is 2.26. The van der Waals surface area contributed by atoms with Gasteiger partial charge in [0.15, 0.2) is 0 Å². The van der Waals surface area contributed by atoms with Crippen LogP contribution in [0.2, 0.25) is 0 Å². The molecule has 0 spiro atoms. The van der Waals surface area contributed by atoms with Gasteiger partial charge in [0.25, 0.3) is 0 Å². The first-order valence-electron chi connectivity index (χ1n) is 8.64. The number of halogens is 2. The summed E-state index contributed by atoms with van der Waals surface area (Å²) in [6.07, 6.45) is 2.01. The van der Waals surface area contributed by atoms with Crippen molar-refractivity contribution in [2.24, 2.45) is 0 Å². The quantitative estimate of drug-likeness (QED) is 0.708. The lowest BCUT2D eigenvalue weighted by Crippen LogP contribution is -2.39.